The average molecular weight is 683 g/mol. The fraction of sp³-hybridized carbons (Fsp3) is 0.324. The lowest BCUT2D eigenvalue weighted by atomic mass is 9.90. The zero-order chi connectivity index (χ0) is 32.4. The predicted octanol–water partition coefficient (Wildman–Crippen LogP) is 6.63. The van der Waals surface area contributed by atoms with Gasteiger partial charge in [-0.1, -0.05) is 65.7 Å². The maximum Gasteiger partial charge on any atom is 0.317 e. The number of fused-ring (bicyclic) bond motifs is 1. The normalized spacial score (nSPS) is 20.0. The van der Waals surface area contributed by atoms with Crippen molar-refractivity contribution in [3.05, 3.63) is 105 Å². The third-order valence-electron chi connectivity index (χ3n) is 8.68. The summed E-state index contributed by atoms with van der Waals surface area (Å²) in [6, 6.07) is 19.0. The van der Waals surface area contributed by atoms with E-state index in [2.05, 4.69) is 10.3 Å². The highest BCUT2D eigenvalue weighted by Gasteiger charge is 2.59. The molecule has 6 rings (SSSR count). The largest absolute Gasteiger partial charge is 0.361 e. The lowest BCUT2D eigenvalue weighted by Crippen LogP contribution is -2.58. The molecule has 2 aliphatic rings. The zero-order valence-corrected chi connectivity index (χ0v) is 27.6. The predicted molar refractivity (Wildman–Crippen MR) is 180 cm³/mol. The van der Waals surface area contributed by atoms with E-state index in [0.29, 0.717) is 49.1 Å². The Morgan fingerprint density at radius 3 is 2.46 bits per heavy atom. The summed E-state index contributed by atoms with van der Waals surface area (Å²) in [6.07, 6.45) is 1.80. The first-order valence-electron chi connectivity index (χ1n) is 15.2. The molecule has 1 aromatic heterocycles. The Balaban J connectivity index is 1.44. The van der Waals surface area contributed by atoms with Gasteiger partial charge in [0.1, 0.15) is 10.6 Å². The van der Waals surface area contributed by atoms with Gasteiger partial charge in [0.25, 0.3) is 0 Å². The van der Waals surface area contributed by atoms with Crippen LogP contribution in [0.15, 0.2) is 72.9 Å². The van der Waals surface area contributed by atoms with Crippen molar-refractivity contribution >= 4 is 63.7 Å². The van der Waals surface area contributed by atoms with Crippen LogP contribution < -0.4 is 5.32 Å². The summed E-state index contributed by atoms with van der Waals surface area (Å²) in [5, 5.41) is 4.23. The number of aromatic amines is 1. The average Bonchev–Trinajstić information content (AvgIpc) is 3.59. The highest BCUT2D eigenvalue weighted by atomic mass is 35.5. The molecule has 0 saturated carbocycles. The van der Waals surface area contributed by atoms with Crippen LogP contribution in [-0.2, 0) is 21.9 Å². The van der Waals surface area contributed by atoms with Crippen LogP contribution in [0, 0.1) is 5.82 Å². The van der Waals surface area contributed by atoms with Gasteiger partial charge in [-0.25, -0.2) is 9.18 Å². The fourth-order valence-corrected chi connectivity index (χ4v) is 8.21. The second-order valence-electron chi connectivity index (χ2n) is 11.6. The molecular formula is C34H34Cl2FN5O3S. The van der Waals surface area contributed by atoms with Crippen LogP contribution in [0.3, 0.4) is 0 Å². The van der Waals surface area contributed by atoms with E-state index in [9.17, 15) is 18.8 Å². The minimum absolute atomic E-state index is 0.00347. The molecule has 4 amide bonds. The minimum atomic E-state index is -1.22. The molecular weight excluding hydrogens is 648 g/mol. The van der Waals surface area contributed by atoms with Gasteiger partial charge in [0, 0.05) is 72.7 Å². The Labute approximate surface area is 281 Å². The molecule has 4 aromatic rings. The third kappa shape index (κ3) is 6.30. The van der Waals surface area contributed by atoms with E-state index in [1.807, 2.05) is 55.6 Å². The smallest absolute Gasteiger partial charge is 0.317 e. The maximum atomic E-state index is 15.0. The SMILES string of the molecule is CCNC(=O)N1CCN(C(=O)C2(SCc3ccccc3)CC(=O)N(Cc3ccc(Cl)c(F)c3)C2c2c[nH]c3cc(Cl)ccc23)CC1. The highest BCUT2D eigenvalue weighted by Crippen LogP contribution is 2.54. The number of piperazine rings is 1. The van der Waals surface area contributed by atoms with E-state index < -0.39 is 16.6 Å². The van der Waals surface area contributed by atoms with E-state index in [-0.39, 0.29) is 35.8 Å². The van der Waals surface area contributed by atoms with Gasteiger partial charge in [0.05, 0.1) is 17.5 Å². The van der Waals surface area contributed by atoms with Gasteiger partial charge in [0.2, 0.25) is 11.8 Å². The number of carbonyl (C=O) groups excluding carboxylic acids is 3. The van der Waals surface area contributed by atoms with Gasteiger partial charge >= 0.3 is 6.03 Å². The number of H-pyrrole nitrogens is 1. The number of benzene rings is 3. The summed E-state index contributed by atoms with van der Waals surface area (Å²) in [5.74, 6) is -0.448. The van der Waals surface area contributed by atoms with Crippen molar-refractivity contribution in [1.29, 1.82) is 0 Å². The number of carbonyl (C=O) groups is 3. The molecule has 2 N–H and O–H groups in total. The molecule has 2 atom stereocenters. The van der Waals surface area contributed by atoms with Crippen molar-refractivity contribution < 1.29 is 18.8 Å². The van der Waals surface area contributed by atoms with Gasteiger partial charge in [0.15, 0.2) is 0 Å². The highest BCUT2D eigenvalue weighted by molar-refractivity contribution is 8.00. The Bertz CT molecular complexity index is 1760. The molecule has 46 heavy (non-hydrogen) atoms. The number of likely N-dealkylation sites (tertiary alicyclic amines) is 1. The van der Waals surface area contributed by atoms with Crippen LogP contribution >= 0.6 is 35.0 Å². The van der Waals surface area contributed by atoms with Gasteiger partial charge in [-0.3, -0.25) is 9.59 Å². The van der Waals surface area contributed by atoms with Crippen LogP contribution in [0.25, 0.3) is 10.9 Å². The van der Waals surface area contributed by atoms with Gasteiger partial charge in [-0.15, -0.1) is 11.8 Å². The second-order valence-corrected chi connectivity index (χ2v) is 13.7. The summed E-state index contributed by atoms with van der Waals surface area (Å²) < 4.78 is 13.4. The van der Waals surface area contributed by atoms with E-state index in [1.165, 1.54) is 23.9 Å². The number of hydrogen-bond acceptors (Lipinski definition) is 4. The first-order valence-corrected chi connectivity index (χ1v) is 16.9. The van der Waals surface area contributed by atoms with Crippen LogP contribution in [0.2, 0.25) is 10.0 Å². The monoisotopic (exact) mass is 681 g/mol. The molecule has 0 bridgehead atoms. The molecule has 8 nitrogen and oxygen atoms in total. The molecule has 2 fully saturated rings. The molecule has 3 aromatic carbocycles. The maximum absolute atomic E-state index is 15.0. The van der Waals surface area contributed by atoms with E-state index in [1.54, 1.807) is 26.8 Å². The molecule has 240 valence electrons. The lowest BCUT2D eigenvalue weighted by Gasteiger charge is -2.42. The Morgan fingerprint density at radius 1 is 1.00 bits per heavy atom. The Kier molecular flexibility index (Phi) is 9.49. The second kappa shape index (κ2) is 13.6. The van der Waals surface area contributed by atoms with E-state index in [0.717, 1.165) is 22.0 Å². The van der Waals surface area contributed by atoms with E-state index >= 15 is 0 Å². The minimum Gasteiger partial charge on any atom is -0.361 e. The molecule has 2 saturated heterocycles. The van der Waals surface area contributed by atoms with Crippen LogP contribution in [-0.4, -0.2) is 75.0 Å². The number of halogens is 3. The standard InChI is InChI=1S/C34H34Cl2FN5O3S/c1-2-38-33(45)41-14-12-40(13-15-41)32(44)34(46-21-22-6-4-3-5-7-22)18-30(43)42(20-23-8-11-27(36)28(37)16-23)31(34)26-19-39-29-17-24(35)9-10-25(26)29/h3-11,16-17,19,31,39H,2,12-15,18,20-21H2,1H3,(H,38,45). The number of nitrogens with zero attached hydrogens (tertiary/aromatic N) is 3. The Morgan fingerprint density at radius 2 is 1.74 bits per heavy atom. The first-order chi connectivity index (χ1) is 22.2. The number of urea groups is 1. The van der Waals surface area contributed by atoms with Gasteiger partial charge in [-0.2, -0.15) is 0 Å². The van der Waals surface area contributed by atoms with Crippen LogP contribution in [0.4, 0.5) is 9.18 Å². The van der Waals surface area contributed by atoms with Crippen LogP contribution in [0.5, 0.6) is 0 Å². The molecule has 0 radical (unpaired) electrons. The molecule has 0 aliphatic carbocycles. The van der Waals surface area contributed by atoms with Crippen molar-refractivity contribution in [2.45, 2.75) is 36.4 Å². The molecule has 0 spiro atoms. The summed E-state index contributed by atoms with van der Waals surface area (Å²) in [4.78, 5) is 50.2. The summed E-state index contributed by atoms with van der Waals surface area (Å²) in [5.41, 5.74) is 3.15. The number of rotatable bonds is 8. The topological polar surface area (TPSA) is 88.8 Å². The van der Waals surface area contributed by atoms with E-state index in [4.69, 9.17) is 23.2 Å². The number of thioether (sulfide) groups is 1. The van der Waals surface area contributed by atoms with Crippen LogP contribution in [0.1, 0.15) is 36.1 Å². The summed E-state index contributed by atoms with van der Waals surface area (Å²) in [7, 11) is 0. The zero-order valence-electron chi connectivity index (χ0n) is 25.3. The van der Waals surface area contributed by atoms with Gasteiger partial charge in [-0.05, 0) is 42.3 Å². The Hall–Kier alpha value is -3.73. The third-order valence-corrected chi connectivity index (χ3v) is 10.8. The number of hydrogen-bond donors (Lipinski definition) is 2. The van der Waals surface area contributed by atoms with Crippen molar-refractivity contribution in [1.82, 2.24) is 25.0 Å². The summed E-state index contributed by atoms with van der Waals surface area (Å²) in [6.45, 7) is 3.93. The molecule has 2 aliphatic heterocycles. The first kappa shape index (κ1) is 32.2. The number of amides is 4. The summed E-state index contributed by atoms with van der Waals surface area (Å²) >= 11 is 13.8. The lowest BCUT2D eigenvalue weighted by molar-refractivity contribution is -0.136. The van der Waals surface area contributed by atoms with Crippen molar-refractivity contribution in [3.63, 3.8) is 0 Å². The number of aromatic nitrogens is 1. The van der Waals surface area contributed by atoms with Gasteiger partial charge < -0.3 is 25.0 Å². The molecule has 12 heteroatoms. The van der Waals surface area contributed by atoms with Crippen molar-refractivity contribution in [2.24, 2.45) is 0 Å². The fourth-order valence-electron chi connectivity index (χ4n) is 6.41. The molecule has 3 heterocycles. The van der Waals surface area contributed by atoms with Crippen molar-refractivity contribution in [3.8, 4) is 0 Å². The quantitative estimate of drug-likeness (QED) is 0.218. The molecule has 2 unspecified atom stereocenters. The number of nitrogens with one attached hydrogen (secondary N) is 2. The van der Waals surface area contributed by atoms with Crippen molar-refractivity contribution in [2.75, 3.05) is 32.7 Å².